The Bertz CT molecular complexity index is 820. The highest BCUT2D eigenvalue weighted by Crippen LogP contribution is 2.29. The molecule has 0 saturated heterocycles. The molecular weight excluding hydrogens is 322 g/mol. The van der Waals surface area contributed by atoms with Crippen molar-refractivity contribution in [1.82, 2.24) is 10.1 Å². The van der Waals surface area contributed by atoms with Gasteiger partial charge < -0.3 is 9.84 Å². The zero-order valence-corrected chi connectivity index (χ0v) is 14.7. The number of amides is 1. The maximum Gasteiger partial charge on any atom is 0.232 e. The molecule has 0 spiro atoms. The number of nitrogens with zero attached hydrogens (tertiary/aromatic N) is 2. The van der Waals surface area contributed by atoms with Gasteiger partial charge in [0, 0.05) is 28.4 Å². The van der Waals surface area contributed by atoms with E-state index in [-0.39, 0.29) is 11.8 Å². The van der Waals surface area contributed by atoms with Gasteiger partial charge in [-0.1, -0.05) is 24.2 Å². The quantitative estimate of drug-likeness (QED) is 0.739. The molecule has 0 saturated carbocycles. The molecule has 5 nitrogen and oxygen atoms in total. The van der Waals surface area contributed by atoms with E-state index in [1.54, 1.807) is 17.5 Å². The maximum absolute atomic E-state index is 12.8. The summed E-state index contributed by atoms with van der Waals surface area (Å²) in [5, 5.41) is 9.84. The van der Waals surface area contributed by atoms with E-state index >= 15 is 0 Å². The molecule has 3 rings (SSSR count). The van der Waals surface area contributed by atoms with E-state index in [0.29, 0.717) is 12.2 Å². The lowest BCUT2D eigenvalue weighted by Gasteiger charge is -2.15. The fourth-order valence-corrected chi connectivity index (χ4v) is 3.47. The highest BCUT2D eigenvalue weighted by atomic mass is 32.1. The zero-order valence-electron chi connectivity index (χ0n) is 13.9. The number of carbonyl (C=O) groups excluding carboxylic acids is 1. The second-order valence-electron chi connectivity index (χ2n) is 5.61. The first-order valence-electron chi connectivity index (χ1n) is 7.83. The van der Waals surface area contributed by atoms with Gasteiger partial charge in [0.05, 0.1) is 11.6 Å². The first kappa shape index (κ1) is 16.4. The fraction of sp³-hybridized carbons (Fsp3) is 0.278. The Hall–Kier alpha value is -2.47. The molecule has 1 amide bonds. The van der Waals surface area contributed by atoms with Crippen LogP contribution in [-0.4, -0.2) is 16.0 Å². The van der Waals surface area contributed by atoms with Gasteiger partial charge in [-0.2, -0.15) is 0 Å². The normalized spacial score (nSPS) is 12.1. The fourth-order valence-electron chi connectivity index (χ4n) is 2.83. The number of nitrogens with one attached hydrogen (secondary N) is 1. The van der Waals surface area contributed by atoms with Crippen molar-refractivity contribution >= 4 is 22.9 Å². The van der Waals surface area contributed by atoms with Crippen LogP contribution in [0.25, 0.3) is 10.6 Å². The van der Waals surface area contributed by atoms with Crippen molar-refractivity contribution in [1.29, 1.82) is 0 Å². The van der Waals surface area contributed by atoms with Crippen LogP contribution in [0.4, 0.5) is 5.69 Å². The van der Waals surface area contributed by atoms with Gasteiger partial charge in [-0.05, 0) is 32.4 Å². The average molecular weight is 341 g/mol. The Morgan fingerprint density at radius 1 is 1.38 bits per heavy atom. The molecule has 1 aromatic carbocycles. The number of anilines is 1. The van der Waals surface area contributed by atoms with Crippen LogP contribution < -0.4 is 5.32 Å². The van der Waals surface area contributed by atoms with Crippen molar-refractivity contribution in [3.63, 3.8) is 0 Å². The third-order valence-electron chi connectivity index (χ3n) is 3.97. The number of thiazole rings is 1. The van der Waals surface area contributed by atoms with Gasteiger partial charge in [-0.15, -0.1) is 11.3 Å². The Balaban J connectivity index is 1.83. The molecule has 0 bridgehead atoms. The van der Waals surface area contributed by atoms with Crippen molar-refractivity contribution in [2.24, 2.45) is 0 Å². The summed E-state index contributed by atoms with van der Waals surface area (Å²) in [5.41, 5.74) is 3.41. The third-order valence-corrected chi connectivity index (χ3v) is 4.79. The second-order valence-corrected chi connectivity index (χ2v) is 6.50. The molecule has 0 radical (unpaired) electrons. The number of rotatable bonds is 5. The van der Waals surface area contributed by atoms with Gasteiger partial charge in [-0.25, -0.2) is 4.98 Å². The molecule has 6 heteroatoms. The molecule has 0 aliphatic rings. The van der Waals surface area contributed by atoms with Gasteiger partial charge in [0.15, 0.2) is 0 Å². The van der Waals surface area contributed by atoms with Gasteiger partial charge in [-0.3, -0.25) is 4.79 Å². The largest absolute Gasteiger partial charge is 0.361 e. The first-order valence-corrected chi connectivity index (χ1v) is 8.71. The SMILES string of the molecule is CC[C@@H](C(=O)Nc1cccc(-c2nccs2)c1)c1c(C)noc1C. The topological polar surface area (TPSA) is 68.0 Å². The van der Waals surface area contributed by atoms with Gasteiger partial charge in [0.2, 0.25) is 5.91 Å². The third kappa shape index (κ3) is 3.23. The Kier molecular flexibility index (Phi) is 4.76. The van der Waals surface area contributed by atoms with E-state index in [1.807, 2.05) is 50.4 Å². The van der Waals surface area contributed by atoms with Crippen molar-refractivity contribution in [3.05, 3.63) is 52.9 Å². The molecule has 24 heavy (non-hydrogen) atoms. The Morgan fingerprint density at radius 3 is 2.83 bits per heavy atom. The smallest absolute Gasteiger partial charge is 0.232 e. The molecule has 0 aliphatic heterocycles. The maximum atomic E-state index is 12.8. The van der Waals surface area contributed by atoms with Crippen molar-refractivity contribution in [2.75, 3.05) is 5.32 Å². The summed E-state index contributed by atoms with van der Waals surface area (Å²) in [5.74, 6) is 0.369. The summed E-state index contributed by atoms with van der Waals surface area (Å²) in [6, 6.07) is 7.73. The minimum absolute atomic E-state index is 0.0526. The molecule has 1 atom stereocenters. The van der Waals surface area contributed by atoms with Gasteiger partial charge in [0.25, 0.3) is 0 Å². The second kappa shape index (κ2) is 6.97. The van der Waals surface area contributed by atoms with Crippen LogP contribution in [0.3, 0.4) is 0 Å². The first-order chi connectivity index (χ1) is 11.6. The van der Waals surface area contributed by atoms with Crippen LogP contribution in [0, 0.1) is 13.8 Å². The van der Waals surface area contributed by atoms with Crippen LogP contribution in [0.2, 0.25) is 0 Å². The van der Waals surface area contributed by atoms with Crippen LogP contribution in [0.5, 0.6) is 0 Å². The molecule has 0 fully saturated rings. The molecule has 0 aliphatic carbocycles. The lowest BCUT2D eigenvalue weighted by Crippen LogP contribution is -2.21. The molecule has 2 aromatic heterocycles. The number of benzene rings is 1. The molecular formula is C18H19N3O2S. The van der Waals surface area contributed by atoms with Crippen molar-refractivity contribution < 1.29 is 9.32 Å². The van der Waals surface area contributed by atoms with E-state index in [0.717, 1.165) is 27.5 Å². The number of hydrogen-bond donors (Lipinski definition) is 1. The van der Waals surface area contributed by atoms with Crippen LogP contribution in [0.15, 0.2) is 40.4 Å². The Labute approximate surface area is 144 Å². The number of hydrogen-bond acceptors (Lipinski definition) is 5. The minimum atomic E-state index is -0.278. The molecule has 0 unspecified atom stereocenters. The zero-order chi connectivity index (χ0) is 17.1. The van der Waals surface area contributed by atoms with E-state index in [2.05, 4.69) is 15.5 Å². The van der Waals surface area contributed by atoms with Crippen LogP contribution in [0.1, 0.15) is 36.3 Å². The molecule has 124 valence electrons. The van der Waals surface area contributed by atoms with E-state index in [9.17, 15) is 4.79 Å². The van der Waals surface area contributed by atoms with E-state index < -0.39 is 0 Å². The van der Waals surface area contributed by atoms with E-state index in [4.69, 9.17) is 4.52 Å². The molecule has 3 aromatic rings. The number of carbonyl (C=O) groups is 1. The monoisotopic (exact) mass is 341 g/mol. The summed E-state index contributed by atoms with van der Waals surface area (Å²) < 4.78 is 5.21. The van der Waals surface area contributed by atoms with Gasteiger partial charge in [0.1, 0.15) is 10.8 Å². The predicted octanol–water partition coefficient (Wildman–Crippen LogP) is 4.55. The molecule has 1 N–H and O–H groups in total. The summed E-state index contributed by atoms with van der Waals surface area (Å²) in [4.78, 5) is 17.1. The van der Waals surface area contributed by atoms with Crippen LogP contribution >= 0.6 is 11.3 Å². The van der Waals surface area contributed by atoms with Crippen molar-refractivity contribution in [3.8, 4) is 10.6 Å². The highest BCUT2D eigenvalue weighted by molar-refractivity contribution is 7.13. The lowest BCUT2D eigenvalue weighted by atomic mass is 9.94. The average Bonchev–Trinajstić information content (AvgIpc) is 3.21. The predicted molar refractivity (Wildman–Crippen MR) is 95.2 cm³/mol. The summed E-state index contributed by atoms with van der Waals surface area (Å²) in [6.07, 6.45) is 2.46. The van der Waals surface area contributed by atoms with E-state index in [1.165, 1.54) is 0 Å². The van der Waals surface area contributed by atoms with Gasteiger partial charge >= 0.3 is 0 Å². The molecule has 2 heterocycles. The lowest BCUT2D eigenvalue weighted by molar-refractivity contribution is -0.117. The summed E-state index contributed by atoms with van der Waals surface area (Å²) >= 11 is 1.57. The summed E-state index contributed by atoms with van der Waals surface area (Å²) in [6.45, 7) is 5.70. The standard InChI is InChI=1S/C18H19N3O2S/c1-4-15(16-11(2)21-23-12(16)3)17(22)20-14-7-5-6-13(10-14)18-19-8-9-24-18/h5-10,15H,4H2,1-3H3,(H,20,22)/t15-/m1/s1. The number of aromatic nitrogens is 2. The highest BCUT2D eigenvalue weighted by Gasteiger charge is 2.25. The minimum Gasteiger partial charge on any atom is -0.361 e. The van der Waals surface area contributed by atoms with Crippen molar-refractivity contribution in [2.45, 2.75) is 33.1 Å². The summed E-state index contributed by atoms with van der Waals surface area (Å²) in [7, 11) is 0. The van der Waals surface area contributed by atoms with Crippen LogP contribution in [-0.2, 0) is 4.79 Å². The Morgan fingerprint density at radius 2 is 2.21 bits per heavy atom. The number of aryl methyl sites for hydroxylation is 2.